The van der Waals surface area contributed by atoms with E-state index in [9.17, 15) is 8.42 Å². The maximum Gasteiger partial charge on any atom is 0.275 e. The lowest BCUT2D eigenvalue weighted by Gasteiger charge is -2.03. The van der Waals surface area contributed by atoms with E-state index in [-0.39, 0.29) is 10.2 Å². The van der Waals surface area contributed by atoms with E-state index in [1.165, 1.54) is 6.33 Å². The summed E-state index contributed by atoms with van der Waals surface area (Å²) in [5.41, 5.74) is 1.44. The van der Waals surface area contributed by atoms with Gasteiger partial charge in [0.1, 0.15) is 6.33 Å². The average Bonchev–Trinajstić information content (AvgIpc) is 3.07. The van der Waals surface area contributed by atoms with Gasteiger partial charge in [0.25, 0.3) is 16.0 Å². The lowest BCUT2D eigenvalue weighted by Crippen LogP contribution is -2.14. The predicted molar refractivity (Wildman–Crippen MR) is 93.0 cm³/mol. The number of rotatable bonds is 5. The van der Waals surface area contributed by atoms with Crippen LogP contribution in [0.4, 0.5) is 5.95 Å². The molecule has 126 valence electrons. The number of halogens is 1. The summed E-state index contributed by atoms with van der Waals surface area (Å²) in [5.74, 6) is 0.0226. The number of anilines is 1. The van der Waals surface area contributed by atoms with Crippen molar-refractivity contribution in [1.29, 1.82) is 0 Å². The summed E-state index contributed by atoms with van der Waals surface area (Å²) in [7, 11) is -3.74. The fourth-order valence-electron chi connectivity index (χ4n) is 2.12. The zero-order chi connectivity index (χ0) is 17.3. The number of aromatic nitrogens is 4. The first-order chi connectivity index (χ1) is 11.3. The summed E-state index contributed by atoms with van der Waals surface area (Å²) in [6, 6.07) is 7.31. The van der Waals surface area contributed by atoms with Gasteiger partial charge >= 0.3 is 0 Å². The molecule has 1 aromatic carbocycles. The first-order valence-electron chi connectivity index (χ1n) is 6.94. The lowest BCUT2D eigenvalue weighted by atomic mass is 10.2. The molecule has 3 rings (SSSR count). The van der Waals surface area contributed by atoms with Crippen molar-refractivity contribution in [3.8, 4) is 0 Å². The van der Waals surface area contributed by atoms with Crippen LogP contribution >= 0.6 is 22.9 Å². The van der Waals surface area contributed by atoms with Crippen LogP contribution < -0.4 is 4.72 Å². The molecule has 0 spiro atoms. The molecule has 0 saturated carbocycles. The topological polar surface area (TPSA) is 89.8 Å². The Morgan fingerprint density at radius 3 is 2.58 bits per heavy atom. The fourth-order valence-corrected chi connectivity index (χ4v) is 4.68. The van der Waals surface area contributed by atoms with Crippen LogP contribution in [-0.4, -0.2) is 28.2 Å². The molecule has 0 radical (unpaired) electrons. The van der Waals surface area contributed by atoms with E-state index < -0.39 is 10.0 Å². The first-order valence-corrected chi connectivity index (χ1v) is 9.62. The smallest absolute Gasteiger partial charge is 0.246 e. The molecule has 1 N–H and O–H groups in total. The minimum Gasteiger partial charge on any atom is -0.246 e. The highest BCUT2D eigenvalue weighted by Crippen LogP contribution is 2.24. The average molecular weight is 384 g/mol. The zero-order valence-corrected chi connectivity index (χ0v) is 15.3. The zero-order valence-electron chi connectivity index (χ0n) is 12.9. The Hall–Kier alpha value is -1.97. The monoisotopic (exact) mass is 383 g/mol. The predicted octanol–water partition coefficient (Wildman–Crippen LogP) is 2.85. The number of thiazole rings is 1. The number of benzene rings is 1. The van der Waals surface area contributed by atoms with Crippen LogP contribution in [0.3, 0.4) is 0 Å². The van der Waals surface area contributed by atoms with Gasteiger partial charge < -0.3 is 0 Å². The van der Waals surface area contributed by atoms with Crippen molar-refractivity contribution in [3.05, 3.63) is 51.9 Å². The van der Waals surface area contributed by atoms with Gasteiger partial charge in [0.2, 0.25) is 0 Å². The third-order valence-electron chi connectivity index (χ3n) is 3.12. The van der Waals surface area contributed by atoms with E-state index >= 15 is 0 Å². The van der Waals surface area contributed by atoms with Gasteiger partial charge in [-0.05, 0) is 31.5 Å². The number of hydrogen-bond donors (Lipinski definition) is 1. The third-order valence-corrected chi connectivity index (χ3v) is 6.39. The minimum absolute atomic E-state index is 0.0226. The van der Waals surface area contributed by atoms with Crippen molar-refractivity contribution in [2.24, 2.45) is 0 Å². The number of aryl methyl sites for hydroxylation is 2. The number of sulfonamides is 1. The Morgan fingerprint density at radius 2 is 1.96 bits per heavy atom. The molecule has 24 heavy (non-hydrogen) atoms. The Labute approximate surface area is 148 Å². The molecule has 0 fully saturated rings. The Balaban J connectivity index is 1.76. The molecule has 0 atom stereocenters. The van der Waals surface area contributed by atoms with Crippen molar-refractivity contribution in [2.45, 2.75) is 24.6 Å². The molecule has 0 saturated heterocycles. The second-order valence-electron chi connectivity index (χ2n) is 5.10. The maximum absolute atomic E-state index is 12.4. The summed E-state index contributed by atoms with van der Waals surface area (Å²) >= 11 is 6.96. The summed E-state index contributed by atoms with van der Waals surface area (Å²) in [5, 5.41) is 5.48. The van der Waals surface area contributed by atoms with Gasteiger partial charge in [-0.15, -0.1) is 16.4 Å². The second-order valence-corrected chi connectivity index (χ2v) is 8.62. The normalized spacial score (nSPS) is 11.6. The summed E-state index contributed by atoms with van der Waals surface area (Å²) in [4.78, 5) is 8.13. The number of nitrogens with zero attached hydrogens (tertiary/aromatic N) is 4. The van der Waals surface area contributed by atoms with Gasteiger partial charge in [0.05, 0.1) is 17.2 Å². The molecule has 10 heteroatoms. The highest BCUT2D eigenvalue weighted by atomic mass is 35.5. The summed E-state index contributed by atoms with van der Waals surface area (Å²) < 4.78 is 28.9. The maximum atomic E-state index is 12.4. The molecule has 0 bridgehead atoms. The molecular weight excluding hydrogens is 370 g/mol. The highest BCUT2D eigenvalue weighted by molar-refractivity contribution is 7.94. The highest BCUT2D eigenvalue weighted by Gasteiger charge is 2.22. The van der Waals surface area contributed by atoms with Crippen LogP contribution in [0.25, 0.3) is 0 Å². The van der Waals surface area contributed by atoms with E-state index in [4.69, 9.17) is 11.6 Å². The van der Waals surface area contributed by atoms with Crippen LogP contribution in [0.15, 0.2) is 34.8 Å². The standard InChI is InChI=1S/C14H14ClN5O2S2/c1-9-13(23-10(2)17-9)24(21,22)19-14-16-8-20(18-14)7-11-3-5-12(15)6-4-11/h3-6,8H,7H2,1-2H3,(H,18,19). The molecule has 7 nitrogen and oxygen atoms in total. The lowest BCUT2D eigenvalue weighted by molar-refractivity contribution is 0.601. The van der Waals surface area contributed by atoms with Crippen LogP contribution in [0.1, 0.15) is 16.3 Å². The van der Waals surface area contributed by atoms with Crippen molar-refractivity contribution in [3.63, 3.8) is 0 Å². The number of nitrogens with one attached hydrogen (secondary N) is 1. The van der Waals surface area contributed by atoms with Crippen molar-refractivity contribution in [1.82, 2.24) is 19.7 Å². The minimum atomic E-state index is -3.74. The summed E-state index contributed by atoms with van der Waals surface area (Å²) in [6.07, 6.45) is 1.47. The van der Waals surface area contributed by atoms with Gasteiger partial charge in [-0.2, -0.15) is 4.98 Å². The van der Waals surface area contributed by atoms with Crippen LogP contribution in [0, 0.1) is 13.8 Å². The molecule has 0 unspecified atom stereocenters. The molecule has 0 aliphatic heterocycles. The largest absolute Gasteiger partial charge is 0.275 e. The van der Waals surface area contributed by atoms with Crippen LogP contribution in [0.5, 0.6) is 0 Å². The third kappa shape index (κ3) is 3.74. The first kappa shape index (κ1) is 16.9. The molecule has 2 aromatic heterocycles. The van der Waals surface area contributed by atoms with Gasteiger partial charge in [0, 0.05) is 5.02 Å². The molecule has 0 aliphatic carbocycles. The van der Waals surface area contributed by atoms with E-state index in [0.29, 0.717) is 22.3 Å². The Kier molecular flexibility index (Phi) is 4.57. The molecule has 2 heterocycles. The van der Waals surface area contributed by atoms with Crippen LogP contribution in [0.2, 0.25) is 5.02 Å². The molecular formula is C14H14ClN5O2S2. The van der Waals surface area contributed by atoms with Gasteiger partial charge in [-0.25, -0.2) is 22.8 Å². The second kappa shape index (κ2) is 6.50. The molecule has 0 amide bonds. The molecule has 0 aliphatic rings. The van der Waals surface area contributed by atoms with Crippen molar-refractivity contribution in [2.75, 3.05) is 4.72 Å². The van der Waals surface area contributed by atoms with E-state index in [0.717, 1.165) is 16.9 Å². The van der Waals surface area contributed by atoms with E-state index in [1.807, 2.05) is 12.1 Å². The van der Waals surface area contributed by atoms with Crippen molar-refractivity contribution >= 4 is 38.9 Å². The van der Waals surface area contributed by atoms with Crippen molar-refractivity contribution < 1.29 is 8.42 Å². The van der Waals surface area contributed by atoms with Gasteiger partial charge in [0.15, 0.2) is 4.21 Å². The summed E-state index contributed by atoms with van der Waals surface area (Å²) in [6.45, 7) is 3.88. The fraction of sp³-hybridized carbons (Fsp3) is 0.214. The quantitative estimate of drug-likeness (QED) is 0.731. The van der Waals surface area contributed by atoms with Gasteiger partial charge in [-0.3, -0.25) is 0 Å². The van der Waals surface area contributed by atoms with Gasteiger partial charge in [-0.1, -0.05) is 23.7 Å². The Bertz CT molecular complexity index is 963. The SMILES string of the molecule is Cc1nc(C)c(S(=O)(=O)Nc2ncn(Cc3ccc(Cl)cc3)n2)s1. The van der Waals surface area contributed by atoms with E-state index in [2.05, 4.69) is 19.8 Å². The number of hydrogen-bond acceptors (Lipinski definition) is 6. The molecule has 3 aromatic rings. The van der Waals surface area contributed by atoms with E-state index in [1.54, 1.807) is 30.7 Å². The van der Waals surface area contributed by atoms with Crippen LogP contribution in [-0.2, 0) is 16.6 Å². The Morgan fingerprint density at radius 1 is 1.25 bits per heavy atom.